The Morgan fingerprint density at radius 2 is 1.85 bits per heavy atom. The Kier molecular flexibility index (Phi) is 6.92. The fourth-order valence-electron chi connectivity index (χ4n) is 3.09. The first-order valence-corrected chi connectivity index (χ1v) is 9.05. The molecule has 1 aromatic carbocycles. The highest BCUT2D eigenvalue weighted by Crippen LogP contribution is 2.28. The lowest BCUT2D eigenvalue weighted by atomic mass is 10.1. The van der Waals surface area contributed by atoms with Gasteiger partial charge in [0.05, 0.1) is 28.9 Å². The average molecular weight is 413 g/mol. The van der Waals surface area contributed by atoms with Gasteiger partial charge < -0.3 is 19.8 Å². The highest BCUT2D eigenvalue weighted by molar-refractivity contribution is 6.37. The third-order valence-corrected chi connectivity index (χ3v) is 4.81. The fourth-order valence-corrected chi connectivity index (χ4v) is 3.59. The minimum atomic E-state index is -0.758. The smallest absolute Gasteiger partial charge is 0.340 e. The van der Waals surface area contributed by atoms with E-state index in [9.17, 15) is 9.59 Å². The van der Waals surface area contributed by atoms with Gasteiger partial charge >= 0.3 is 5.97 Å². The summed E-state index contributed by atoms with van der Waals surface area (Å²) in [5, 5.41) is 0.402. The number of aryl methyl sites for hydroxylation is 1. The first-order chi connectivity index (χ1) is 12.7. The van der Waals surface area contributed by atoms with Crippen LogP contribution in [0.15, 0.2) is 18.2 Å². The summed E-state index contributed by atoms with van der Waals surface area (Å²) in [6, 6.07) is 4.64. The molecule has 6 nitrogen and oxygen atoms in total. The summed E-state index contributed by atoms with van der Waals surface area (Å²) in [5.41, 5.74) is 8.10. The van der Waals surface area contributed by atoms with Gasteiger partial charge in [-0.15, -0.1) is 0 Å². The van der Waals surface area contributed by atoms with E-state index >= 15 is 0 Å². The second-order valence-electron chi connectivity index (χ2n) is 6.31. The summed E-state index contributed by atoms with van der Waals surface area (Å²) < 4.78 is 12.3. The van der Waals surface area contributed by atoms with Gasteiger partial charge in [-0.1, -0.05) is 23.2 Å². The van der Waals surface area contributed by atoms with E-state index in [-0.39, 0.29) is 33.1 Å². The number of nitrogens with two attached hydrogens (primary N) is 1. The van der Waals surface area contributed by atoms with Crippen molar-refractivity contribution >= 4 is 40.6 Å². The standard InChI is InChI=1S/C19H22Cl2N2O4/c1-10-5-14(12(3)23(10)11(2)8-26-4)17(24)9-27-19(25)15-6-13(20)7-16(21)18(15)22/h5-7,11H,8-9,22H2,1-4H3/t11-/m1/s1. The van der Waals surface area contributed by atoms with Gasteiger partial charge in [0, 0.05) is 29.1 Å². The van der Waals surface area contributed by atoms with Crippen molar-refractivity contribution in [2.75, 3.05) is 26.1 Å². The predicted octanol–water partition coefficient (Wildman–Crippen LogP) is 4.24. The largest absolute Gasteiger partial charge is 0.454 e. The SMILES string of the molecule is COC[C@@H](C)n1c(C)cc(C(=O)COC(=O)c2cc(Cl)cc(Cl)c2N)c1C. The van der Waals surface area contributed by atoms with Crippen LogP contribution in [0.5, 0.6) is 0 Å². The molecule has 0 amide bonds. The molecule has 1 aromatic heterocycles. The van der Waals surface area contributed by atoms with Gasteiger partial charge in [0.2, 0.25) is 5.78 Å². The van der Waals surface area contributed by atoms with Crippen molar-refractivity contribution < 1.29 is 19.1 Å². The number of carbonyl (C=O) groups is 2. The molecule has 146 valence electrons. The molecule has 0 fully saturated rings. The number of anilines is 1. The molecule has 0 bridgehead atoms. The van der Waals surface area contributed by atoms with Crippen LogP contribution in [-0.2, 0) is 9.47 Å². The van der Waals surface area contributed by atoms with Crippen LogP contribution in [0.1, 0.15) is 45.1 Å². The van der Waals surface area contributed by atoms with Crippen LogP contribution in [0.4, 0.5) is 5.69 Å². The maximum absolute atomic E-state index is 12.6. The van der Waals surface area contributed by atoms with Gasteiger partial charge in [0.25, 0.3) is 0 Å². The molecular weight excluding hydrogens is 391 g/mol. The maximum atomic E-state index is 12.6. The van der Waals surface area contributed by atoms with E-state index in [1.165, 1.54) is 12.1 Å². The van der Waals surface area contributed by atoms with Crippen molar-refractivity contribution in [3.8, 4) is 0 Å². The van der Waals surface area contributed by atoms with Crippen LogP contribution in [0, 0.1) is 13.8 Å². The first-order valence-electron chi connectivity index (χ1n) is 8.29. The zero-order valence-corrected chi connectivity index (χ0v) is 17.1. The van der Waals surface area contributed by atoms with E-state index in [2.05, 4.69) is 0 Å². The molecule has 0 saturated carbocycles. The van der Waals surface area contributed by atoms with Crippen molar-refractivity contribution in [3.63, 3.8) is 0 Å². The summed E-state index contributed by atoms with van der Waals surface area (Å²) in [4.78, 5) is 24.8. The fraction of sp³-hybridized carbons (Fsp3) is 0.368. The van der Waals surface area contributed by atoms with Crippen molar-refractivity contribution in [2.45, 2.75) is 26.8 Å². The molecule has 8 heteroatoms. The van der Waals surface area contributed by atoms with Crippen LogP contribution >= 0.6 is 23.2 Å². The Bertz CT molecular complexity index is 877. The van der Waals surface area contributed by atoms with Crippen LogP contribution < -0.4 is 5.73 Å². The Morgan fingerprint density at radius 3 is 2.48 bits per heavy atom. The lowest BCUT2D eigenvalue weighted by Crippen LogP contribution is -2.17. The van der Waals surface area contributed by atoms with Gasteiger partial charge in [0.1, 0.15) is 0 Å². The monoisotopic (exact) mass is 412 g/mol. The van der Waals surface area contributed by atoms with Crippen molar-refractivity contribution in [1.82, 2.24) is 4.57 Å². The zero-order valence-electron chi connectivity index (χ0n) is 15.6. The molecule has 1 heterocycles. The second-order valence-corrected chi connectivity index (χ2v) is 7.15. The maximum Gasteiger partial charge on any atom is 0.340 e. The number of nitrogens with zero attached hydrogens (tertiary/aromatic N) is 1. The molecule has 0 aliphatic rings. The Hall–Kier alpha value is -2.02. The van der Waals surface area contributed by atoms with Crippen molar-refractivity contribution in [2.24, 2.45) is 0 Å². The van der Waals surface area contributed by atoms with Crippen molar-refractivity contribution in [3.05, 3.63) is 50.8 Å². The molecular formula is C19H22Cl2N2O4. The van der Waals surface area contributed by atoms with Gasteiger partial charge in [0.15, 0.2) is 6.61 Å². The third-order valence-electron chi connectivity index (χ3n) is 4.28. The number of hydrogen-bond acceptors (Lipinski definition) is 5. The van der Waals surface area contributed by atoms with Gasteiger partial charge in [-0.25, -0.2) is 4.79 Å². The molecule has 2 rings (SSSR count). The highest BCUT2D eigenvalue weighted by Gasteiger charge is 2.21. The molecule has 1 atom stereocenters. The highest BCUT2D eigenvalue weighted by atomic mass is 35.5. The van der Waals surface area contributed by atoms with E-state index < -0.39 is 12.6 Å². The Balaban J connectivity index is 2.15. The van der Waals surface area contributed by atoms with Gasteiger partial charge in [-0.3, -0.25) is 4.79 Å². The number of hydrogen-bond donors (Lipinski definition) is 1. The summed E-state index contributed by atoms with van der Waals surface area (Å²) in [6.45, 7) is 5.88. The second kappa shape index (κ2) is 8.78. The molecule has 0 saturated heterocycles. The topological polar surface area (TPSA) is 83.5 Å². The van der Waals surface area contributed by atoms with E-state index in [0.29, 0.717) is 12.2 Å². The molecule has 27 heavy (non-hydrogen) atoms. The molecule has 0 spiro atoms. The van der Waals surface area contributed by atoms with Crippen molar-refractivity contribution in [1.29, 1.82) is 0 Å². The Morgan fingerprint density at radius 1 is 1.19 bits per heavy atom. The number of aromatic nitrogens is 1. The predicted molar refractivity (Wildman–Crippen MR) is 106 cm³/mol. The average Bonchev–Trinajstić information content (AvgIpc) is 2.90. The van der Waals surface area contributed by atoms with Crippen LogP contribution in [0.2, 0.25) is 10.0 Å². The first kappa shape index (κ1) is 21.3. The third kappa shape index (κ3) is 4.64. The van der Waals surface area contributed by atoms with E-state index in [0.717, 1.165) is 11.4 Å². The lowest BCUT2D eigenvalue weighted by Gasteiger charge is -2.17. The normalized spacial score (nSPS) is 12.1. The molecule has 2 aromatic rings. The number of rotatable bonds is 7. The van der Waals surface area contributed by atoms with E-state index in [1.54, 1.807) is 13.2 Å². The van der Waals surface area contributed by atoms with E-state index in [4.69, 9.17) is 38.4 Å². The number of nitrogen functional groups attached to an aromatic ring is 1. The van der Waals surface area contributed by atoms with Crippen LogP contribution in [0.25, 0.3) is 0 Å². The number of carbonyl (C=O) groups excluding carboxylic acids is 2. The molecule has 0 aliphatic carbocycles. The molecule has 0 unspecified atom stereocenters. The number of esters is 1. The van der Waals surface area contributed by atoms with Gasteiger partial charge in [-0.2, -0.15) is 0 Å². The number of methoxy groups -OCH3 is 1. The quantitative estimate of drug-likeness (QED) is 0.417. The summed E-state index contributed by atoms with van der Waals surface area (Å²) >= 11 is 11.8. The van der Waals surface area contributed by atoms with Crippen LogP contribution in [-0.4, -0.2) is 36.6 Å². The molecule has 0 aliphatic heterocycles. The number of benzene rings is 1. The number of ether oxygens (including phenoxy) is 2. The zero-order chi connectivity index (χ0) is 20.3. The van der Waals surface area contributed by atoms with E-state index in [1.807, 2.05) is 25.3 Å². The summed E-state index contributed by atoms with van der Waals surface area (Å²) in [6.07, 6.45) is 0. The number of Topliss-reactive ketones (excluding diaryl/α,β-unsaturated/α-hetero) is 1. The Labute approximate surface area is 168 Å². The lowest BCUT2D eigenvalue weighted by molar-refractivity contribution is 0.0475. The van der Waals surface area contributed by atoms with Gasteiger partial charge in [-0.05, 0) is 39.0 Å². The number of ketones is 1. The minimum Gasteiger partial charge on any atom is -0.454 e. The van der Waals surface area contributed by atoms with Crippen LogP contribution in [0.3, 0.4) is 0 Å². The summed E-state index contributed by atoms with van der Waals surface area (Å²) in [5.74, 6) is -1.06. The number of halogens is 2. The minimum absolute atomic E-state index is 0.0273. The molecule has 0 radical (unpaired) electrons. The summed E-state index contributed by atoms with van der Waals surface area (Å²) in [7, 11) is 1.63. The molecule has 2 N–H and O–H groups in total.